The predicted octanol–water partition coefficient (Wildman–Crippen LogP) is 1.38. The normalized spacial score (nSPS) is 12.4. The lowest BCUT2D eigenvalue weighted by Crippen LogP contribution is -2.10. The van der Waals surface area contributed by atoms with Crippen LogP contribution in [0, 0.1) is 5.82 Å². The van der Waals surface area contributed by atoms with Gasteiger partial charge in [-0.15, -0.1) is 0 Å². The lowest BCUT2D eigenvalue weighted by molar-refractivity contribution is 0.219. The van der Waals surface area contributed by atoms with Gasteiger partial charge in [0.05, 0.1) is 18.1 Å². The van der Waals surface area contributed by atoms with Crippen LogP contribution in [0.1, 0.15) is 18.7 Å². The zero-order chi connectivity index (χ0) is 11.5. The summed E-state index contributed by atoms with van der Waals surface area (Å²) in [4.78, 5) is 15.0. The molecule has 0 aliphatic rings. The quantitative estimate of drug-likeness (QED) is 0.825. The van der Waals surface area contributed by atoms with Crippen molar-refractivity contribution >= 4 is 0 Å². The van der Waals surface area contributed by atoms with E-state index in [1.165, 1.54) is 18.3 Å². The van der Waals surface area contributed by atoms with Crippen LogP contribution in [0.15, 0.2) is 29.3 Å². The Balaban J connectivity index is 2.14. The van der Waals surface area contributed by atoms with E-state index in [1.54, 1.807) is 6.92 Å². The van der Waals surface area contributed by atoms with E-state index in [0.717, 1.165) is 6.20 Å². The van der Waals surface area contributed by atoms with E-state index >= 15 is 0 Å². The first-order valence-corrected chi connectivity index (χ1v) is 4.71. The summed E-state index contributed by atoms with van der Waals surface area (Å²) in [6.07, 6.45) is 2.11. The van der Waals surface area contributed by atoms with Crippen molar-refractivity contribution in [1.29, 1.82) is 0 Å². The van der Waals surface area contributed by atoms with Gasteiger partial charge in [-0.1, -0.05) is 0 Å². The average Bonchev–Trinajstić information content (AvgIpc) is 2.65. The Hall–Kier alpha value is -2.11. The number of ether oxygens (including phenoxy) is 1. The molecule has 2 N–H and O–H groups in total. The highest BCUT2D eigenvalue weighted by atomic mass is 19.1. The summed E-state index contributed by atoms with van der Waals surface area (Å²) in [5.74, 6) is -0.228. The summed E-state index contributed by atoms with van der Waals surface area (Å²) >= 11 is 0. The minimum absolute atomic E-state index is 0.179. The molecule has 2 aromatic heterocycles. The van der Waals surface area contributed by atoms with E-state index in [2.05, 4.69) is 15.2 Å². The number of aromatic amines is 2. The standard InChI is InChI=1S/C10H10FN3O2/c1-6(8-3-2-7(11)4-12-8)16-9-5-13-14-10(9)15/h2-6H,1H3,(H2,13,14,15)/t6-/m1/s1. The van der Waals surface area contributed by atoms with Gasteiger partial charge in [0.1, 0.15) is 11.9 Å². The topological polar surface area (TPSA) is 70.8 Å². The third-order valence-electron chi connectivity index (χ3n) is 2.08. The Morgan fingerprint density at radius 2 is 2.31 bits per heavy atom. The smallest absolute Gasteiger partial charge is 0.306 e. The number of hydrogen-bond acceptors (Lipinski definition) is 3. The Morgan fingerprint density at radius 3 is 2.88 bits per heavy atom. The Morgan fingerprint density at radius 1 is 1.50 bits per heavy atom. The number of hydrogen-bond donors (Lipinski definition) is 2. The van der Waals surface area contributed by atoms with Crippen molar-refractivity contribution in [2.75, 3.05) is 0 Å². The Bertz CT molecular complexity index is 517. The van der Waals surface area contributed by atoms with Crippen molar-refractivity contribution in [2.24, 2.45) is 0 Å². The second kappa shape index (κ2) is 4.18. The van der Waals surface area contributed by atoms with Crippen LogP contribution in [0.5, 0.6) is 5.75 Å². The predicted molar refractivity (Wildman–Crippen MR) is 54.7 cm³/mol. The Labute approximate surface area is 90.3 Å². The summed E-state index contributed by atoms with van der Waals surface area (Å²) in [5.41, 5.74) is 0.218. The molecule has 0 saturated heterocycles. The van der Waals surface area contributed by atoms with Gasteiger partial charge in [-0.25, -0.2) is 4.39 Å². The van der Waals surface area contributed by atoms with Gasteiger partial charge in [0.25, 0.3) is 0 Å². The molecule has 2 aromatic rings. The van der Waals surface area contributed by atoms with Gasteiger partial charge in [-0.2, -0.15) is 0 Å². The number of nitrogens with one attached hydrogen (secondary N) is 2. The van der Waals surface area contributed by atoms with E-state index in [0.29, 0.717) is 5.69 Å². The van der Waals surface area contributed by atoms with E-state index < -0.39 is 11.9 Å². The molecular formula is C10H10FN3O2. The lowest BCUT2D eigenvalue weighted by atomic mass is 10.2. The van der Waals surface area contributed by atoms with Gasteiger partial charge in [0, 0.05) is 0 Å². The highest BCUT2D eigenvalue weighted by Gasteiger charge is 2.11. The molecule has 0 aromatic carbocycles. The molecule has 0 unspecified atom stereocenters. The highest BCUT2D eigenvalue weighted by Crippen LogP contribution is 2.16. The number of rotatable bonds is 3. The van der Waals surface area contributed by atoms with Crippen LogP contribution < -0.4 is 10.3 Å². The monoisotopic (exact) mass is 223 g/mol. The number of halogens is 1. The zero-order valence-electron chi connectivity index (χ0n) is 8.53. The van der Waals surface area contributed by atoms with Crippen LogP contribution in [0.2, 0.25) is 0 Å². The molecule has 6 heteroatoms. The molecule has 16 heavy (non-hydrogen) atoms. The van der Waals surface area contributed by atoms with Gasteiger partial charge in [0.15, 0.2) is 0 Å². The van der Waals surface area contributed by atoms with Crippen LogP contribution in [0.25, 0.3) is 0 Å². The van der Waals surface area contributed by atoms with Crippen molar-refractivity contribution < 1.29 is 9.13 Å². The summed E-state index contributed by atoms with van der Waals surface area (Å²) in [6, 6.07) is 2.81. The molecule has 0 spiro atoms. The van der Waals surface area contributed by atoms with Gasteiger partial charge in [-0.3, -0.25) is 14.9 Å². The van der Waals surface area contributed by atoms with Crippen molar-refractivity contribution in [3.8, 4) is 5.75 Å². The van der Waals surface area contributed by atoms with Gasteiger partial charge in [0.2, 0.25) is 5.75 Å². The van der Waals surface area contributed by atoms with Crippen LogP contribution in [0.3, 0.4) is 0 Å². The molecule has 2 heterocycles. The number of H-pyrrole nitrogens is 2. The van der Waals surface area contributed by atoms with Gasteiger partial charge < -0.3 is 9.84 Å². The Kier molecular flexibility index (Phi) is 2.72. The van der Waals surface area contributed by atoms with E-state index in [4.69, 9.17) is 4.74 Å². The number of pyridine rings is 1. The van der Waals surface area contributed by atoms with Crippen LogP contribution in [-0.2, 0) is 0 Å². The maximum atomic E-state index is 12.6. The van der Waals surface area contributed by atoms with E-state index in [9.17, 15) is 9.18 Å². The molecule has 0 radical (unpaired) electrons. The molecule has 0 amide bonds. The largest absolute Gasteiger partial charge is 0.477 e. The van der Waals surface area contributed by atoms with E-state index in [-0.39, 0.29) is 11.3 Å². The molecule has 0 saturated carbocycles. The molecule has 0 aliphatic heterocycles. The molecule has 5 nitrogen and oxygen atoms in total. The molecule has 0 fully saturated rings. The van der Waals surface area contributed by atoms with Crippen LogP contribution in [-0.4, -0.2) is 15.2 Å². The molecule has 2 rings (SSSR count). The molecule has 1 atom stereocenters. The van der Waals surface area contributed by atoms with Crippen LogP contribution >= 0.6 is 0 Å². The SMILES string of the molecule is C[C@@H](Oc1c[nH][nH]c1=O)c1ccc(F)cn1. The third-order valence-corrected chi connectivity index (χ3v) is 2.08. The average molecular weight is 223 g/mol. The minimum Gasteiger partial charge on any atom is -0.477 e. The molecular weight excluding hydrogens is 213 g/mol. The first-order chi connectivity index (χ1) is 7.66. The zero-order valence-corrected chi connectivity index (χ0v) is 8.53. The minimum atomic E-state index is -0.419. The lowest BCUT2D eigenvalue weighted by Gasteiger charge is -2.11. The fraction of sp³-hybridized carbons (Fsp3) is 0.200. The van der Waals surface area contributed by atoms with Crippen molar-refractivity contribution in [3.63, 3.8) is 0 Å². The van der Waals surface area contributed by atoms with Crippen molar-refractivity contribution in [1.82, 2.24) is 15.2 Å². The summed E-state index contributed by atoms with van der Waals surface area (Å²) in [5, 5.41) is 4.87. The summed E-state index contributed by atoms with van der Waals surface area (Å²) in [6.45, 7) is 1.73. The van der Waals surface area contributed by atoms with E-state index in [1.807, 2.05) is 0 Å². The van der Waals surface area contributed by atoms with Crippen molar-refractivity contribution in [2.45, 2.75) is 13.0 Å². The second-order valence-electron chi connectivity index (χ2n) is 3.27. The highest BCUT2D eigenvalue weighted by molar-refractivity contribution is 5.14. The first kappa shape index (κ1) is 10.4. The van der Waals surface area contributed by atoms with Gasteiger partial charge in [-0.05, 0) is 19.1 Å². The second-order valence-corrected chi connectivity index (χ2v) is 3.27. The number of nitrogens with zero attached hydrogens (tertiary/aromatic N) is 1. The maximum Gasteiger partial charge on any atom is 0.306 e. The van der Waals surface area contributed by atoms with Crippen molar-refractivity contribution in [3.05, 3.63) is 46.4 Å². The fourth-order valence-corrected chi connectivity index (χ4v) is 1.26. The van der Waals surface area contributed by atoms with Crippen LogP contribution in [0.4, 0.5) is 4.39 Å². The molecule has 84 valence electrons. The number of aromatic nitrogens is 3. The fourth-order valence-electron chi connectivity index (χ4n) is 1.26. The third kappa shape index (κ3) is 2.10. The molecule has 0 aliphatic carbocycles. The van der Waals surface area contributed by atoms with Gasteiger partial charge >= 0.3 is 5.56 Å². The summed E-state index contributed by atoms with van der Waals surface area (Å²) in [7, 11) is 0. The summed E-state index contributed by atoms with van der Waals surface area (Å²) < 4.78 is 18.0. The first-order valence-electron chi connectivity index (χ1n) is 4.71. The molecule has 0 bridgehead atoms. The maximum absolute atomic E-state index is 12.6.